The maximum absolute atomic E-state index is 13.0. The van der Waals surface area contributed by atoms with Crippen molar-refractivity contribution >= 4 is 27.0 Å². The monoisotopic (exact) mass is 513 g/mol. The number of fused-ring (bicyclic) bond motifs is 1. The molecule has 0 aliphatic heterocycles. The third-order valence-corrected chi connectivity index (χ3v) is 6.41. The number of alkyl halides is 3. The molecule has 0 amide bonds. The second kappa shape index (κ2) is 10.1. The highest BCUT2D eigenvalue weighted by molar-refractivity contribution is 7.89. The molecule has 1 atom stereocenters. The van der Waals surface area contributed by atoms with Gasteiger partial charge in [-0.25, -0.2) is 13.2 Å². The average molecular weight is 513 g/mol. The van der Waals surface area contributed by atoms with Crippen LogP contribution in [0, 0.1) is 5.92 Å². The van der Waals surface area contributed by atoms with Crippen LogP contribution in [0.4, 0.5) is 13.2 Å². The summed E-state index contributed by atoms with van der Waals surface area (Å²) >= 11 is 0. The number of sulfonamides is 1. The first kappa shape index (κ1) is 26.2. The third kappa shape index (κ3) is 6.61. The highest BCUT2D eigenvalue weighted by atomic mass is 32.2. The quantitative estimate of drug-likeness (QED) is 0.345. The molecule has 12 heteroatoms. The number of phenols is 1. The van der Waals surface area contributed by atoms with E-state index in [2.05, 4.69) is 4.72 Å². The van der Waals surface area contributed by atoms with Crippen molar-refractivity contribution in [2.75, 3.05) is 0 Å². The Morgan fingerprint density at radius 1 is 1.14 bits per heavy atom. The van der Waals surface area contributed by atoms with Crippen LogP contribution in [0.3, 0.4) is 0 Å². The van der Waals surface area contributed by atoms with Gasteiger partial charge >= 0.3 is 17.8 Å². The largest absolute Gasteiger partial charge is 0.508 e. The minimum Gasteiger partial charge on any atom is -0.508 e. The van der Waals surface area contributed by atoms with Gasteiger partial charge in [-0.2, -0.15) is 17.9 Å². The number of benzene rings is 2. The summed E-state index contributed by atoms with van der Waals surface area (Å²) < 4.78 is 77.0. The first-order valence-corrected chi connectivity index (χ1v) is 11.9. The van der Waals surface area contributed by atoms with Gasteiger partial charge in [0.1, 0.15) is 24.0 Å². The van der Waals surface area contributed by atoms with Crippen LogP contribution in [-0.2, 0) is 32.3 Å². The number of hydrogen-bond acceptors (Lipinski definition) is 7. The van der Waals surface area contributed by atoms with E-state index in [-0.39, 0.29) is 29.2 Å². The number of carbonyl (C=O) groups is 1. The van der Waals surface area contributed by atoms with Crippen LogP contribution < -0.4 is 10.3 Å². The summed E-state index contributed by atoms with van der Waals surface area (Å²) in [5.74, 6) is -1.30. The second-order valence-electron chi connectivity index (χ2n) is 8.21. The molecule has 8 nitrogen and oxygen atoms in total. The normalized spacial score (nSPS) is 13.2. The van der Waals surface area contributed by atoms with Gasteiger partial charge in [-0.05, 0) is 42.7 Å². The van der Waals surface area contributed by atoms with Gasteiger partial charge in [-0.3, -0.25) is 4.79 Å². The lowest BCUT2D eigenvalue weighted by molar-refractivity contribution is -0.147. The first-order valence-electron chi connectivity index (χ1n) is 10.4. The molecule has 0 saturated carbocycles. The van der Waals surface area contributed by atoms with E-state index in [0.29, 0.717) is 11.5 Å². The standard InChI is InChI=1S/C23H22F3NO7S/c1-13(2)8-19(27-35(31,32)17-5-3-4-15(10-17)23(24,25)26)22(30)33-12-14-9-21(29)34-20-11-16(28)6-7-18(14)20/h3-7,9-11,13,19,27-28H,8,12H2,1-2H3/t19-/m1/s1. The lowest BCUT2D eigenvalue weighted by atomic mass is 10.0. The summed E-state index contributed by atoms with van der Waals surface area (Å²) in [5.41, 5.74) is -1.58. The average Bonchev–Trinajstić information content (AvgIpc) is 2.75. The van der Waals surface area contributed by atoms with Crippen molar-refractivity contribution in [3.05, 3.63) is 70.1 Å². The zero-order valence-electron chi connectivity index (χ0n) is 18.6. The first-order chi connectivity index (χ1) is 16.3. The maximum atomic E-state index is 13.0. The number of rotatable bonds is 8. The van der Waals surface area contributed by atoms with E-state index in [9.17, 15) is 36.3 Å². The van der Waals surface area contributed by atoms with Crippen LogP contribution >= 0.6 is 0 Å². The molecule has 2 aromatic carbocycles. The van der Waals surface area contributed by atoms with Crippen LogP contribution in [0.1, 0.15) is 31.4 Å². The summed E-state index contributed by atoms with van der Waals surface area (Å²) in [7, 11) is -4.51. The molecular formula is C23H22F3NO7S. The highest BCUT2D eigenvalue weighted by Gasteiger charge is 2.33. The SMILES string of the molecule is CC(C)C[C@@H](NS(=O)(=O)c1cccc(C(F)(F)F)c1)C(=O)OCc1cc(=O)oc2cc(O)ccc12. The van der Waals surface area contributed by atoms with Crippen LogP contribution in [0.15, 0.2) is 62.6 Å². The molecule has 3 rings (SSSR count). The van der Waals surface area contributed by atoms with Gasteiger partial charge in [-0.1, -0.05) is 19.9 Å². The van der Waals surface area contributed by atoms with Gasteiger partial charge in [0.25, 0.3) is 0 Å². The Balaban J connectivity index is 1.83. The van der Waals surface area contributed by atoms with Gasteiger partial charge in [0.15, 0.2) is 0 Å². The molecule has 0 aliphatic carbocycles. The minimum absolute atomic E-state index is 0.00255. The summed E-state index contributed by atoms with van der Waals surface area (Å²) in [6, 6.07) is 6.87. The molecule has 0 spiro atoms. The van der Waals surface area contributed by atoms with Crippen molar-refractivity contribution < 1.29 is 40.6 Å². The van der Waals surface area contributed by atoms with Gasteiger partial charge in [0.2, 0.25) is 10.0 Å². The van der Waals surface area contributed by atoms with Crippen LogP contribution in [-0.4, -0.2) is 25.5 Å². The van der Waals surface area contributed by atoms with Crippen molar-refractivity contribution in [3.8, 4) is 5.75 Å². The van der Waals surface area contributed by atoms with Crippen molar-refractivity contribution in [2.45, 2.75) is 44.0 Å². The summed E-state index contributed by atoms with van der Waals surface area (Å²) in [6.07, 6.45) is -4.74. The minimum atomic E-state index is -4.75. The Labute approximate surface area is 198 Å². The van der Waals surface area contributed by atoms with E-state index in [1.807, 2.05) is 0 Å². The van der Waals surface area contributed by atoms with E-state index in [1.165, 1.54) is 18.2 Å². The number of hydrogen-bond donors (Lipinski definition) is 2. The maximum Gasteiger partial charge on any atom is 0.416 e. The number of phenolic OH excluding ortho intramolecular Hbond substituents is 1. The van der Waals surface area contributed by atoms with E-state index in [0.717, 1.165) is 24.3 Å². The smallest absolute Gasteiger partial charge is 0.416 e. The van der Waals surface area contributed by atoms with Gasteiger partial charge in [-0.15, -0.1) is 0 Å². The van der Waals surface area contributed by atoms with Crippen molar-refractivity contribution in [2.24, 2.45) is 5.92 Å². The number of aromatic hydroxyl groups is 1. The molecule has 0 fully saturated rings. The summed E-state index contributed by atoms with van der Waals surface area (Å²) in [6.45, 7) is 3.04. The zero-order chi connectivity index (χ0) is 26.0. The number of nitrogens with one attached hydrogen (secondary N) is 1. The predicted molar refractivity (Wildman–Crippen MR) is 119 cm³/mol. The molecule has 2 N–H and O–H groups in total. The number of esters is 1. The van der Waals surface area contributed by atoms with E-state index in [1.54, 1.807) is 13.8 Å². The zero-order valence-corrected chi connectivity index (χ0v) is 19.4. The Hall–Kier alpha value is -3.38. The molecular weight excluding hydrogens is 491 g/mol. The molecule has 1 heterocycles. The van der Waals surface area contributed by atoms with Crippen LogP contribution in [0.5, 0.6) is 5.75 Å². The van der Waals surface area contributed by atoms with E-state index < -0.39 is 50.9 Å². The van der Waals surface area contributed by atoms with Crippen molar-refractivity contribution in [3.63, 3.8) is 0 Å². The predicted octanol–water partition coefficient (Wildman–Crippen LogP) is 3.95. The molecule has 1 aromatic heterocycles. The molecule has 3 aromatic rings. The Morgan fingerprint density at radius 3 is 2.51 bits per heavy atom. The van der Waals surface area contributed by atoms with Gasteiger partial charge in [0, 0.05) is 23.1 Å². The Morgan fingerprint density at radius 2 is 1.86 bits per heavy atom. The molecule has 188 valence electrons. The lowest BCUT2D eigenvalue weighted by Crippen LogP contribution is -2.42. The number of ether oxygens (including phenoxy) is 1. The summed E-state index contributed by atoms with van der Waals surface area (Å²) in [4.78, 5) is 24.0. The lowest BCUT2D eigenvalue weighted by Gasteiger charge is -2.20. The van der Waals surface area contributed by atoms with Gasteiger partial charge in [0.05, 0.1) is 10.5 Å². The van der Waals surface area contributed by atoms with Crippen LogP contribution in [0.25, 0.3) is 11.0 Å². The fourth-order valence-corrected chi connectivity index (χ4v) is 4.59. The third-order valence-electron chi connectivity index (χ3n) is 4.94. The fourth-order valence-electron chi connectivity index (χ4n) is 3.35. The van der Waals surface area contributed by atoms with Crippen molar-refractivity contribution in [1.29, 1.82) is 0 Å². The topological polar surface area (TPSA) is 123 Å². The fraction of sp³-hybridized carbons (Fsp3) is 0.304. The Bertz CT molecular complexity index is 1400. The van der Waals surface area contributed by atoms with E-state index in [4.69, 9.17) is 9.15 Å². The van der Waals surface area contributed by atoms with Crippen LogP contribution in [0.2, 0.25) is 0 Å². The Kier molecular flexibility index (Phi) is 7.56. The van der Waals surface area contributed by atoms with Crippen molar-refractivity contribution in [1.82, 2.24) is 4.72 Å². The van der Waals surface area contributed by atoms with Gasteiger partial charge < -0.3 is 14.3 Å². The molecule has 0 aliphatic rings. The second-order valence-corrected chi connectivity index (χ2v) is 9.92. The van der Waals surface area contributed by atoms with E-state index >= 15 is 0 Å². The summed E-state index contributed by atoms with van der Waals surface area (Å²) in [5, 5.41) is 9.96. The molecule has 0 unspecified atom stereocenters. The molecule has 0 saturated heterocycles. The molecule has 0 bridgehead atoms. The highest BCUT2D eigenvalue weighted by Crippen LogP contribution is 2.30. The number of halogens is 3. The molecule has 0 radical (unpaired) electrons. The number of carbonyl (C=O) groups excluding carboxylic acids is 1. The molecule has 35 heavy (non-hydrogen) atoms.